The summed E-state index contributed by atoms with van der Waals surface area (Å²) in [5.74, 6) is 0. The molecule has 35 heavy (non-hydrogen) atoms. The van der Waals surface area contributed by atoms with Crippen molar-refractivity contribution in [2.75, 3.05) is 7.05 Å². The number of pyridine rings is 1. The van der Waals surface area contributed by atoms with E-state index < -0.39 is 11.1 Å². The molecule has 180 valence electrons. The van der Waals surface area contributed by atoms with E-state index in [0.717, 1.165) is 43.7 Å². The van der Waals surface area contributed by atoms with Crippen molar-refractivity contribution in [1.82, 2.24) is 19.1 Å². The number of aliphatic hydroxyl groups is 1. The zero-order valence-corrected chi connectivity index (χ0v) is 21.6. The van der Waals surface area contributed by atoms with Crippen LogP contribution in [0.15, 0.2) is 64.2 Å². The molecular formula is C27H29N5O2S. The van der Waals surface area contributed by atoms with Crippen molar-refractivity contribution >= 4 is 38.9 Å². The Labute approximate surface area is 207 Å². The first-order valence-corrected chi connectivity index (χ1v) is 12.3. The van der Waals surface area contributed by atoms with E-state index in [9.17, 15) is 9.90 Å². The molecule has 2 N–H and O–H groups in total. The Morgan fingerprint density at radius 2 is 1.97 bits per heavy atom. The van der Waals surface area contributed by atoms with Gasteiger partial charge in [0.1, 0.15) is 16.1 Å². The average Bonchev–Trinajstić information content (AvgIpc) is 3.56. The Balaban J connectivity index is 1.88. The molecule has 0 amide bonds. The van der Waals surface area contributed by atoms with Gasteiger partial charge in [-0.15, -0.1) is 11.3 Å². The Kier molecular flexibility index (Phi) is 5.34. The molecule has 0 saturated carbocycles. The maximum Gasteiger partial charge on any atom is 0.272 e. The number of H-pyrrole nitrogens is 1. The first-order chi connectivity index (χ1) is 16.6. The van der Waals surface area contributed by atoms with Gasteiger partial charge in [-0.1, -0.05) is 0 Å². The van der Waals surface area contributed by atoms with E-state index in [-0.39, 0.29) is 5.56 Å². The number of rotatable bonds is 5. The van der Waals surface area contributed by atoms with Crippen molar-refractivity contribution in [1.29, 1.82) is 0 Å². The minimum Gasteiger partial charge on any atom is -0.386 e. The van der Waals surface area contributed by atoms with Crippen LogP contribution >= 0.6 is 11.3 Å². The largest absolute Gasteiger partial charge is 0.386 e. The number of aryl methyl sites for hydroxylation is 1. The third kappa shape index (κ3) is 3.47. The molecule has 0 bridgehead atoms. The van der Waals surface area contributed by atoms with Crippen LogP contribution < -0.4 is 5.56 Å². The predicted molar refractivity (Wildman–Crippen MR) is 144 cm³/mol. The molecule has 0 aliphatic rings. The number of thiazole rings is 1. The lowest BCUT2D eigenvalue weighted by Gasteiger charge is -2.31. The summed E-state index contributed by atoms with van der Waals surface area (Å²) in [4.78, 5) is 24.5. The molecule has 8 heteroatoms. The maximum absolute atomic E-state index is 12.5. The predicted octanol–water partition coefficient (Wildman–Crippen LogP) is 5.03. The number of aromatic nitrogens is 4. The SMILES string of the molecule is CN=C(C)C(C)(c1nccs1)n1ccc2c(C(C)(C)O)cc(-c3cn(C)c4c(=O)[nH]ccc34)cc21. The van der Waals surface area contributed by atoms with E-state index in [1.165, 1.54) is 0 Å². The van der Waals surface area contributed by atoms with Crippen LogP contribution in [0, 0.1) is 0 Å². The number of aliphatic imine (C=N–C) groups is 1. The van der Waals surface area contributed by atoms with E-state index in [1.54, 1.807) is 38.4 Å². The Hall–Kier alpha value is -3.49. The molecule has 7 nitrogen and oxygen atoms in total. The molecule has 0 fully saturated rings. The van der Waals surface area contributed by atoms with E-state index >= 15 is 0 Å². The van der Waals surface area contributed by atoms with E-state index in [2.05, 4.69) is 38.6 Å². The van der Waals surface area contributed by atoms with Gasteiger partial charge in [-0.05, 0) is 63.1 Å². The normalized spacial score (nSPS) is 14.7. The maximum atomic E-state index is 12.5. The number of fused-ring (bicyclic) bond motifs is 2. The summed E-state index contributed by atoms with van der Waals surface area (Å²) in [5, 5.41) is 15.9. The molecular weight excluding hydrogens is 458 g/mol. The topological polar surface area (TPSA) is 88.2 Å². The van der Waals surface area contributed by atoms with Crippen molar-refractivity contribution in [2.24, 2.45) is 12.0 Å². The summed E-state index contributed by atoms with van der Waals surface area (Å²) < 4.78 is 4.05. The van der Waals surface area contributed by atoms with E-state index in [4.69, 9.17) is 0 Å². The van der Waals surface area contributed by atoms with Crippen LogP contribution in [0.2, 0.25) is 0 Å². The fraction of sp³-hybridized carbons (Fsp3) is 0.296. The number of aromatic amines is 1. The summed E-state index contributed by atoms with van der Waals surface area (Å²) in [6.07, 6.45) is 7.51. The molecule has 1 atom stereocenters. The fourth-order valence-electron chi connectivity index (χ4n) is 5.00. The molecule has 0 saturated heterocycles. The highest BCUT2D eigenvalue weighted by Crippen LogP contribution is 2.40. The molecule has 1 unspecified atom stereocenters. The number of nitrogens with zero attached hydrogens (tertiary/aromatic N) is 4. The number of hydrogen-bond acceptors (Lipinski definition) is 5. The quantitative estimate of drug-likeness (QED) is 0.341. The smallest absolute Gasteiger partial charge is 0.272 e. The summed E-state index contributed by atoms with van der Waals surface area (Å²) in [6.45, 7) is 7.75. The van der Waals surface area contributed by atoms with Gasteiger partial charge in [0, 0.05) is 66.3 Å². The Morgan fingerprint density at radius 3 is 2.63 bits per heavy atom. The molecule has 5 aromatic rings. The van der Waals surface area contributed by atoms with Gasteiger partial charge in [-0.25, -0.2) is 4.98 Å². The van der Waals surface area contributed by atoms with Crippen LogP contribution in [0.3, 0.4) is 0 Å². The first-order valence-electron chi connectivity index (χ1n) is 11.5. The number of hydrogen-bond donors (Lipinski definition) is 2. The Morgan fingerprint density at radius 1 is 1.20 bits per heavy atom. The molecule has 5 rings (SSSR count). The third-order valence-corrected chi connectivity index (χ3v) is 8.03. The van der Waals surface area contributed by atoms with Gasteiger partial charge >= 0.3 is 0 Å². The lowest BCUT2D eigenvalue weighted by molar-refractivity contribution is 0.0802. The zero-order chi connectivity index (χ0) is 25.1. The monoisotopic (exact) mass is 487 g/mol. The molecule has 0 spiro atoms. The first kappa shape index (κ1) is 23.3. The van der Waals surface area contributed by atoms with Gasteiger partial charge in [0.15, 0.2) is 0 Å². The molecule has 0 radical (unpaired) electrons. The minimum absolute atomic E-state index is 0.130. The zero-order valence-electron chi connectivity index (χ0n) is 20.7. The summed E-state index contributed by atoms with van der Waals surface area (Å²) in [5.41, 5.74) is 3.38. The van der Waals surface area contributed by atoms with Crippen LogP contribution in [0.4, 0.5) is 0 Å². The van der Waals surface area contributed by atoms with Gasteiger partial charge in [-0.2, -0.15) is 0 Å². The van der Waals surface area contributed by atoms with Crippen molar-refractivity contribution in [2.45, 2.75) is 38.8 Å². The average molecular weight is 488 g/mol. The second-order valence-electron chi connectivity index (χ2n) is 9.64. The van der Waals surface area contributed by atoms with Crippen molar-refractivity contribution in [3.8, 4) is 11.1 Å². The van der Waals surface area contributed by atoms with Gasteiger partial charge in [0.2, 0.25) is 0 Å². The second kappa shape index (κ2) is 8.03. The summed E-state index contributed by atoms with van der Waals surface area (Å²) in [7, 11) is 3.67. The van der Waals surface area contributed by atoms with Crippen LogP contribution in [0.1, 0.15) is 38.3 Å². The van der Waals surface area contributed by atoms with Crippen LogP contribution in [0.5, 0.6) is 0 Å². The van der Waals surface area contributed by atoms with Crippen LogP contribution in [-0.2, 0) is 18.2 Å². The fourth-order valence-corrected chi connectivity index (χ4v) is 5.85. The van der Waals surface area contributed by atoms with E-state index in [1.807, 2.05) is 54.6 Å². The van der Waals surface area contributed by atoms with Crippen molar-refractivity contribution < 1.29 is 5.11 Å². The minimum atomic E-state index is -1.08. The van der Waals surface area contributed by atoms with Gasteiger partial charge in [0.05, 0.1) is 11.1 Å². The molecule has 4 heterocycles. The highest BCUT2D eigenvalue weighted by molar-refractivity contribution is 7.09. The lowest BCUT2D eigenvalue weighted by atomic mass is 9.90. The Bertz CT molecular complexity index is 1650. The van der Waals surface area contributed by atoms with Gasteiger partial charge in [0.25, 0.3) is 5.56 Å². The number of benzene rings is 1. The summed E-state index contributed by atoms with van der Waals surface area (Å²) in [6, 6.07) is 8.14. The molecule has 0 aliphatic heterocycles. The second-order valence-corrected chi connectivity index (χ2v) is 10.5. The highest BCUT2D eigenvalue weighted by Gasteiger charge is 2.36. The van der Waals surface area contributed by atoms with Crippen LogP contribution in [-0.4, -0.2) is 37.0 Å². The van der Waals surface area contributed by atoms with E-state index in [0.29, 0.717) is 5.52 Å². The van der Waals surface area contributed by atoms with Gasteiger partial charge in [-0.3, -0.25) is 9.79 Å². The standard InChI is InChI=1S/C27H29N5O2S/c1-16(28-5)27(4,25-30-10-12-35-25)32-11-8-19-21(26(2,3)34)13-17(14-22(19)32)20-15-31(6)23-18(20)7-9-29-24(23)33/h7-15,34H,1-6H3,(H,29,33). The van der Waals surface area contributed by atoms with Crippen molar-refractivity contribution in [3.05, 3.63) is 75.4 Å². The third-order valence-electron chi connectivity index (χ3n) is 7.05. The highest BCUT2D eigenvalue weighted by atomic mass is 32.1. The lowest BCUT2D eigenvalue weighted by Crippen LogP contribution is -2.38. The van der Waals surface area contributed by atoms with Gasteiger partial charge < -0.3 is 19.2 Å². The number of nitrogens with one attached hydrogen (secondary N) is 1. The van der Waals surface area contributed by atoms with Crippen molar-refractivity contribution in [3.63, 3.8) is 0 Å². The van der Waals surface area contributed by atoms with Crippen LogP contribution in [0.25, 0.3) is 32.9 Å². The molecule has 0 aliphatic carbocycles. The molecule has 4 aromatic heterocycles. The summed E-state index contributed by atoms with van der Waals surface area (Å²) >= 11 is 1.59. The molecule has 1 aromatic carbocycles.